The van der Waals surface area contributed by atoms with Crippen molar-refractivity contribution >= 4 is 32.9 Å². The number of carbonyl (C=O) groups excluding carboxylic acids is 1. The van der Waals surface area contributed by atoms with Gasteiger partial charge in [0.2, 0.25) is 10.0 Å². The third-order valence-electron chi connectivity index (χ3n) is 5.21. The summed E-state index contributed by atoms with van der Waals surface area (Å²) in [5, 5.41) is 1.73. The first kappa shape index (κ1) is 21.5. The molecule has 0 saturated carbocycles. The molecule has 0 N–H and O–H groups in total. The van der Waals surface area contributed by atoms with Crippen LogP contribution in [0.5, 0.6) is 0 Å². The Morgan fingerprint density at radius 1 is 1.03 bits per heavy atom. The summed E-state index contributed by atoms with van der Waals surface area (Å²) in [7, 11) is -3.90. The van der Waals surface area contributed by atoms with E-state index in [0.717, 1.165) is 28.0 Å². The molecule has 0 bridgehead atoms. The van der Waals surface area contributed by atoms with Gasteiger partial charge in [-0.1, -0.05) is 66.7 Å². The molecule has 1 aromatic heterocycles. The minimum Gasteiger partial charge on any atom is -0.462 e. The lowest BCUT2D eigenvalue weighted by atomic mass is 10.0. The summed E-state index contributed by atoms with van der Waals surface area (Å²) in [6.45, 7) is 2.51. The molecule has 0 radical (unpaired) electrons. The molecule has 2 aromatic carbocycles. The van der Waals surface area contributed by atoms with Gasteiger partial charge in [-0.25, -0.2) is 13.2 Å². The van der Waals surface area contributed by atoms with Crippen LogP contribution in [-0.2, 0) is 14.8 Å². The molecule has 0 fully saturated rings. The molecule has 2 heterocycles. The minimum absolute atomic E-state index is 0.0405. The summed E-state index contributed by atoms with van der Waals surface area (Å²) < 4.78 is 34.0. The van der Waals surface area contributed by atoms with Crippen molar-refractivity contribution in [3.63, 3.8) is 0 Å². The lowest BCUT2D eigenvalue weighted by molar-refractivity contribution is 0.0528. The number of thiophene rings is 1. The zero-order valence-corrected chi connectivity index (χ0v) is 18.8. The first-order valence-electron chi connectivity index (χ1n) is 10.1. The fourth-order valence-electron chi connectivity index (χ4n) is 3.67. The lowest BCUT2D eigenvalue weighted by Gasteiger charge is -2.26. The molecule has 31 heavy (non-hydrogen) atoms. The molecule has 0 unspecified atom stereocenters. The molecule has 0 atom stereocenters. The van der Waals surface area contributed by atoms with Gasteiger partial charge in [-0.15, -0.1) is 11.3 Å². The number of hydrogen-bond acceptors (Lipinski definition) is 5. The van der Waals surface area contributed by atoms with Gasteiger partial charge in [0, 0.05) is 24.0 Å². The average molecular weight is 454 g/mol. The number of sulfonamides is 1. The third-order valence-corrected chi connectivity index (χ3v) is 8.25. The number of nitrogens with zero attached hydrogens (tertiary/aromatic N) is 1. The molecule has 4 rings (SSSR count). The van der Waals surface area contributed by atoms with E-state index in [4.69, 9.17) is 4.74 Å². The van der Waals surface area contributed by atoms with Crippen molar-refractivity contribution in [3.05, 3.63) is 82.6 Å². The average Bonchev–Trinajstić information content (AvgIpc) is 3.27. The van der Waals surface area contributed by atoms with Crippen LogP contribution >= 0.6 is 11.3 Å². The maximum atomic E-state index is 13.7. The van der Waals surface area contributed by atoms with E-state index in [9.17, 15) is 13.2 Å². The van der Waals surface area contributed by atoms with Gasteiger partial charge in [0.05, 0.1) is 6.61 Å². The van der Waals surface area contributed by atoms with Gasteiger partial charge in [-0.3, -0.25) is 0 Å². The molecule has 160 valence electrons. The van der Waals surface area contributed by atoms with Crippen molar-refractivity contribution in [3.8, 4) is 11.1 Å². The molecule has 5 nitrogen and oxygen atoms in total. The van der Waals surface area contributed by atoms with Crippen LogP contribution in [0.1, 0.15) is 28.6 Å². The lowest BCUT2D eigenvalue weighted by Crippen LogP contribution is -2.35. The second-order valence-corrected chi connectivity index (χ2v) is 9.86. The number of carbonyl (C=O) groups is 1. The first-order chi connectivity index (χ1) is 15.0. The quantitative estimate of drug-likeness (QED) is 0.489. The third kappa shape index (κ3) is 4.35. The van der Waals surface area contributed by atoms with Gasteiger partial charge in [-0.05, 0) is 30.0 Å². The number of hydrogen-bond donors (Lipinski definition) is 0. The molecule has 0 spiro atoms. The molecule has 0 saturated heterocycles. The van der Waals surface area contributed by atoms with Crippen molar-refractivity contribution in [1.29, 1.82) is 0 Å². The van der Waals surface area contributed by atoms with E-state index in [1.165, 1.54) is 4.31 Å². The second-order valence-electron chi connectivity index (χ2n) is 7.10. The molecule has 7 heteroatoms. The molecule has 1 aliphatic heterocycles. The van der Waals surface area contributed by atoms with Gasteiger partial charge in [-0.2, -0.15) is 4.31 Å². The summed E-state index contributed by atoms with van der Waals surface area (Å²) in [5.41, 5.74) is 3.52. The highest BCUT2D eigenvalue weighted by Gasteiger charge is 2.35. The van der Waals surface area contributed by atoms with Gasteiger partial charge < -0.3 is 4.74 Å². The second kappa shape index (κ2) is 9.18. The number of ether oxygens (including phenoxy) is 1. The zero-order valence-electron chi connectivity index (χ0n) is 17.2. The Hall–Kier alpha value is -2.74. The topological polar surface area (TPSA) is 63.7 Å². The highest BCUT2D eigenvalue weighted by molar-refractivity contribution is 7.89. The number of esters is 1. The van der Waals surface area contributed by atoms with E-state index in [0.29, 0.717) is 18.5 Å². The van der Waals surface area contributed by atoms with Crippen molar-refractivity contribution in [1.82, 2.24) is 4.31 Å². The standard InChI is InChI=1S/C24H23NO4S2/c1-2-29-24(26)22-23(21(17-30-22)20-11-7-4-8-12-20)31(27,28)25-15-13-19(14-16-25)18-9-5-3-6-10-18/h3-13,17H,2,14-16H2,1H3. The Balaban J connectivity index is 1.73. The van der Waals surface area contributed by atoms with Crippen molar-refractivity contribution in [2.24, 2.45) is 0 Å². The largest absolute Gasteiger partial charge is 0.462 e. The Kier molecular flexibility index (Phi) is 6.36. The summed E-state index contributed by atoms with van der Waals surface area (Å²) in [6.07, 6.45) is 2.57. The van der Waals surface area contributed by atoms with Crippen LogP contribution in [0.25, 0.3) is 16.7 Å². The van der Waals surface area contributed by atoms with E-state index < -0.39 is 16.0 Å². The number of benzene rings is 2. The fraction of sp³-hybridized carbons (Fsp3) is 0.208. The fourth-order valence-corrected chi connectivity index (χ4v) is 6.70. The van der Waals surface area contributed by atoms with Gasteiger partial charge in [0.15, 0.2) is 0 Å². The summed E-state index contributed by atoms with van der Waals surface area (Å²) in [5.74, 6) is -0.606. The zero-order chi connectivity index (χ0) is 21.8. The first-order valence-corrected chi connectivity index (χ1v) is 12.4. The Morgan fingerprint density at radius 2 is 1.68 bits per heavy atom. The molecule has 0 amide bonds. The number of rotatable bonds is 6. The Morgan fingerprint density at radius 3 is 2.26 bits per heavy atom. The van der Waals surface area contributed by atoms with Crippen molar-refractivity contribution < 1.29 is 17.9 Å². The highest BCUT2D eigenvalue weighted by Crippen LogP contribution is 2.38. The van der Waals surface area contributed by atoms with Gasteiger partial charge in [0.1, 0.15) is 9.77 Å². The van der Waals surface area contributed by atoms with Crippen LogP contribution in [-0.4, -0.2) is 38.4 Å². The highest BCUT2D eigenvalue weighted by atomic mass is 32.2. The van der Waals surface area contributed by atoms with Crippen LogP contribution in [0.4, 0.5) is 0 Å². The predicted octanol–water partition coefficient (Wildman–Crippen LogP) is 5.07. The molecule has 0 aliphatic carbocycles. The van der Waals surface area contributed by atoms with Gasteiger partial charge >= 0.3 is 5.97 Å². The Labute approximate surface area is 186 Å². The van der Waals surface area contributed by atoms with Crippen LogP contribution < -0.4 is 0 Å². The Bertz CT molecular complexity index is 1200. The van der Waals surface area contributed by atoms with E-state index >= 15 is 0 Å². The van der Waals surface area contributed by atoms with E-state index in [-0.39, 0.29) is 22.9 Å². The van der Waals surface area contributed by atoms with Gasteiger partial charge in [0.25, 0.3) is 0 Å². The van der Waals surface area contributed by atoms with E-state index in [1.54, 1.807) is 12.3 Å². The molecular weight excluding hydrogens is 430 g/mol. The summed E-state index contributed by atoms with van der Waals surface area (Å²) in [4.78, 5) is 12.7. The van der Waals surface area contributed by atoms with Crippen molar-refractivity contribution in [2.45, 2.75) is 18.2 Å². The van der Waals surface area contributed by atoms with Crippen molar-refractivity contribution in [2.75, 3.05) is 19.7 Å². The minimum atomic E-state index is -3.90. The summed E-state index contributed by atoms with van der Waals surface area (Å²) >= 11 is 1.11. The normalized spacial score (nSPS) is 14.8. The van der Waals surface area contributed by atoms with Crippen LogP contribution in [0, 0.1) is 0 Å². The summed E-state index contributed by atoms with van der Waals surface area (Å²) in [6, 6.07) is 19.2. The molecule has 3 aromatic rings. The maximum Gasteiger partial charge on any atom is 0.349 e. The van der Waals surface area contributed by atoms with Crippen LogP contribution in [0.3, 0.4) is 0 Å². The molecule has 1 aliphatic rings. The van der Waals surface area contributed by atoms with E-state index in [2.05, 4.69) is 0 Å². The maximum absolute atomic E-state index is 13.7. The van der Waals surface area contributed by atoms with Crippen LogP contribution in [0.2, 0.25) is 0 Å². The van der Waals surface area contributed by atoms with Crippen LogP contribution in [0.15, 0.2) is 77.0 Å². The monoisotopic (exact) mass is 453 g/mol. The smallest absolute Gasteiger partial charge is 0.349 e. The SMILES string of the molecule is CCOC(=O)c1scc(-c2ccccc2)c1S(=O)(=O)N1CC=C(c2ccccc2)CC1. The predicted molar refractivity (Wildman–Crippen MR) is 124 cm³/mol. The molecular formula is C24H23NO4S2. The van der Waals surface area contributed by atoms with E-state index in [1.807, 2.05) is 66.7 Å².